The average molecular weight is 346 g/mol. The van der Waals surface area contributed by atoms with E-state index in [9.17, 15) is 8.42 Å². The van der Waals surface area contributed by atoms with Crippen LogP contribution in [0.2, 0.25) is 0 Å². The van der Waals surface area contributed by atoms with Gasteiger partial charge in [0, 0.05) is 19.7 Å². The van der Waals surface area contributed by atoms with E-state index < -0.39 is 10.0 Å². The van der Waals surface area contributed by atoms with E-state index in [-0.39, 0.29) is 4.90 Å². The first-order chi connectivity index (χ1) is 11.5. The Morgan fingerprint density at radius 2 is 1.92 bits per heavy atom. The first-order valence-corrected chi connectivity index (χ1v) is 9.47. The minimum absolute atomic E-state index is 0.237. The third-order valence-electron chi connectivity index (χ3n) is 4.16. The van der Waals surface area contributed by atoms with Gasteiger partial charge in [0.15, 0.2) is 0 Å². The molecule has 0 radical (unpaired) electrons. The van der Waals surface area contributed by atoms with Crippen molar-refractivity contribution in [1.82, 2.24) is 4.72 Å². The van der Waals surface area contributed by atoms with Gasteiger partial charge in [0.1, 0.15) is 12.4 Å². The Bertz CT molecular complexity index is 817. The van der Waals surface area contributed by atoms with E-state index in [0.29, 0.717) is 25.3 Å². The second-order valence-electron chi connectivity index (χ2n) is 6.03. The number of hydrogen-bond acceptors (Lipinski definition) is 4. The summed E-state index contributed by atoms with van der Waals surface area (Å²) in [5.74, 6) is 0.616. The zero-order valence-corrected chi connectivity index (χ0v) is 14.8. The van der Waals surface area contributed by atoms with E-state index in [1.54, 1.807) is 18.2 Å². The van der Waals surface area contributed by atoms with Crippen molar-refractivity contribution >= 4 is 15.7 Å². The number of rotatable bonds is 5. The third kappa shape index (κ3) is 3.71. The highest BCUT2D eigenvalue weighted by molar-refractivity contribution is 7.89. The Hall–Kier alpha value is -2.05. The van der Waals surface area contributed by atoms with Crippen LogP contribution < -0.4 is 14.4 Å². The van der Waals surface area contributed by atoms with Gasteiger partial charge in [0.2, 0.25) is 10.0 Å². The standard InChI is InChI=1S/C18H22N2O3S/c1-14-3-5-15(6-4-14)9-10-19-24(21,22)16-7-8-17-18(13-16)23-12-11-20(17)2/h3-8,13,19H,9-12H2,1-2H3. The molecule has 2 aromatic rings. The maximum absolute atomic E-state index is 12.5. The van der Waals surface area contributed by atoms with Crippen LogP contribution in [0.15, 0.2) is 47.4 Å². The van der Waals surface area contributed by atoms with Crippen LogP contribution >= 0.6 is 0 Å². The molecule has 0 saturated heterocycles. The Morgan fingerprint density at radius 1 is 1.17 bits per heavy atom. The van der Waals surface area contributed by atoms with Gasteiger partial charge in [-0.1, -0.05) is 29.8 Å². The van der Waals surface area contributed by atoms with Crippen molar-refractivity contribution in [3.63, 3.8) is 0 Å². The molecule has 24 heavy (non-hydrogen) atoms. The van der Waals surface area contributed by atoms with Crippen molar-refractivity contribution < 1.29 is 13.2 Å². The number of aryl methyl sites for hydroxylation is 1. The molecule has 1 heterocycles. The molecule has 0 spiro atoms. The van der Waals surface area contributed by atoms with Gasteiger partial charge in [0.05, 0.1) is 17.1 Å². The van der Waals surface area contributed by atoms with Crippen LogP contribution in [0.5, 0.6) is 5.75 Å². The fourth-order valence-electron chi connectivity index (χ4n) is 2.67. The highest BCUT2D eigenvalue weighted by Gasteiger charge is 2.20. The quantitative estimate of drug-likeness (QED) is 0.903. The monoisotopic (exact) mass is 346 g/mol. The number of ether oxygens (including phenoxy) is 1. The molecule has 5 nitrogen and oxygen atoms in total. The van der Waals surface area contributed by atoms with Crippen molar-refractivity contribution in [3.8, 4) is 5.75 Å². The molecule has 1 aliphatic heterocycles. The lowest BCUT2D eigenvalue weighted by Gasteiger charge is -2.27. The lowest BCUT2D eigenvalue weighted by Crippen LogP contribution is -2.29. The maximum Gasteiger partial charge on any atom is 0.240 e. The van der Waals surface area contributed by atoms with E-state index >= 15 is 0 Å². The third-order valence-corrected chi connectivity index (χ3v) is 5.62. The van der Waals surface area contributed by atoms with Crippen molar-refractivity contribution in [2.45, 2.75) is 18.2 Å². The molecule has 0 aliphatic carbocycles. The zero-order chi connectivity index (χ0) is 17.2. The van der Waals surface area contributed by atoms with E-state index in [1.807, 2.05) is 38.2 Å². The number of nitrogens with zero attached hydrogens (tertiary/aromatic N) is 1. The highest BCUT2D eigenvalue weighted by atomic mass is 32.2. The minimum Gasteiger partial charge on any atom is -0.490 e. The maximum atomic E-state index is 12.5. The highest BCUT2D eigenvalue weighted by Crippen LogP contribution is 2.32. The van der Waals surface area contributed by atoms with Crippen LogP contribution in [0.25, 0.3) is 0 Å². The first kappa shape index (κ1) is 16.8. The molecule has 128 valence electrons. The number of likely N-dealkylation sites (N-methyl/N-ethyl adjacent to an activating group) is 1. The van der Waals surface area contributed by atoms with Gasteiger partial charge in [0.25, 0.3) is 0 Å². The minimum atomic E-state index is -3.54. The van der Waals surface area contributed by atoms with Crippen LogP contribution in [0.1, 0.15) is 11.1 Å². The average Bonchev–Trinajstić information content (AvgIpc) is 2.56. The molecule has 0 fully saturated rings. The predicted octanol–water partition coefficient (Wildman–Crippen LogP) is 2.34. The zero-order valence-electron chi connectivity index (χ0n) is 14.0. The summed E-state index contributed by atoms with van der Waals surface area (Å²) < 4.78 is 33.2. The summed E-state index contributed by atoms with van der Waals surface area (Å²) in [5, 5.41) is 0. The summed E-state index contributed by atoms with van der Waals surface area (Å²) in [7, 11) is -1.57. The van der Waals surface area contributed by atoms with E-state index in [1.165, 1.54) is 5.56 Å². The molecule has 6 heteroatoms. The van der Waals surface area contributed by atoms with Gasteiger partial charge in [-0.25, -0.2) is 13.1 Å². The molecule has 0 saturated carbocycles. The van der Waals surface area contributed by atoms with Gasteiger partial charge in [-0.05, 0) is 31.0 Å². The fraction of sp³-hybridized carbons (Fsp3) is 0.333. The molecule has 0 bridgehead atoms. The molecule has 0 atom stereocenters. The largest absolute Gasteiger partial charge is 0.490 e. The van der Waals surface area contributed by atoms with Gasteiger partial charge in [-0.3, -0.25) is 0 Å². The van der Waals surface area contributed by atoms with E-state index in [2.05, 4.69) is 9.62 Å². The van der Waals surface area contributed by atoms with E-state index in [4.69, 9.17) is 4.74 Å². The second-order valence-corrected chi connectivity index (χ2v) is 7.80. The smallest absolute Gasteiger partial charge is 0.240 e. The van der Waals surface area contributed by atoms with Crippen molar-refractivity contribution in [3.05, 3.63) is 53.6 Å². The summed E-state index contributed by atoms with van der Waals surface area (Å²) in [4.78, 5) is 2.29. The van der Waals surface area contributed by atoms with Crippen LogP contribution in [0.4, 0.5) is 5.69 Å². The Kier molecular flexibility index (Phi) is 4.78. The number of hydrogen-bond donors (Lipinski definition) is 1. The Balaban J connectivity index is 1.68. The fourth-order valence-corrected chi connectivity index (χ4v) is 3.72. The number of sulfonamides is 1. The molecule has 0 aromatic heterocycles. The molecule has 1 N–H and O–H groups in total. The predicted molar refractivity (Wildman–Crippen MR) is 95.3 cm³/mol. The van der Waals surface area contributed by atoms with Gasteiger partial charge >= 0.3 is 0 Å². The SMILES string of the molecule is Cc1ccc(CCNS(=O)(=O)c2ccc3c(c2)OCCN3C)cc1. The van der Waals surface area contributed by atoms with Crippen molar-refractivity contribution in [1.29, 1.82) is 0 Å². The molecular weight excluding hydrogens is 324 g/mol. The van der Waals surface area contributed by atoms with Crippen LogP contribution in [0, 0.1) is 6.92 Å². The lowest BCUT2D eigenvalue weighted by molar-refractivity contribution is 0.310. The van der Waals surface area contributed by atoms with Crippen LogP contribution in [0.3, 0.4) is 0 Å². The summed E-state index contributed by atoms with van der Waals surface area (Å²) in [6, 6.07) is 13.1. The molecule has 0 unspecified atom stereocenters. The topological polar surface area (TPSA) is 58.6 Å². The van der Waals surface area contributed by atoms with Crippen molar-refractivity contribution in [2.24, 2.45) is 0 Å². The summed E-state index contributed by atoms with van der Waals surface area (Å²) >= 11 is 0. The van der Waals surface area contributed by atoms with Gasteiger partial charge < -0.3 is 9.64 Å². The molecule has 0 amide bonds. The Morgan fingerprint density at radius 3 is 2.67 bits per heavy atom. The normalized spacial score (nSPS) is 14.2. The molecular formula is C18H22N2O3S. The van der Waals surface area contributed by atoms with Gasteiger partial charge in [-0.15, -0.1) is 0 Å². The molecule has 1 aliphatic rings. The summed E-state index contributed by atoms with van der Waals surface area (Å²) in [6.45, 7) is 3.76. The van der Waals surface area contributed by atoms with Gasteiger partial charge in [-0.2, -0.15) is 0 Å². The number of benzene rings is 2. The summed E-state index contributed by atoms with van der Waals surface area (Å²) in [5.41, 5.74) is 3.22. The first-order valence-electron chi connectivity index (χ1n) is 7.99. The second kappa shape index (κ2) is 6.83. The molecule has 2 aromatic carbocycles. The van der Waals surface area contributed by atoms with Crippen LogP contribution in [-0.4, -0.2) is 35.2 Å². The lowest BCUT2D eigenvalue weighted by atomic mass is 10.1. The Labute approximate surface area is 143 Å². The summed E-state index contributed by atoms with van der Waals surface area (Å²) in [6.07, 6.45) is 0.656. The van der Waals surface area contributed by atoms with E-state index in [0.717, 1.165) is 17.8 Å². The number of anilines is 1. The number of fused-ring (bicyclic) bond motifs is 1. The number of nitrogens with one attached hydrogen (secondary N) is 1. The van der Waals surface area contributed by atoms with Crippen molar-refractivity contribution in [2.75, 3.05) is 31.6 Å². The van der Waals surface area contributed by atoms with Crippen LogP contribution in [-0.2, 0) is 16.4 Å². The molecule has 3 rings (SSSR count).